The van der Waals surface area contributed by atoms with Gasteiger partial charge in [0.2, 0.25) is 11.8 Å². The fourth-order valence-electron chi connectivity index (χ4n) is 3.19. The fourth-order valence-corrected chi connectivity index (χ4v) is 3.19. The van der Waals surface area contributed by atoms with Crippen molar-refractivity contribution < 1.29 is 19.1 Å². The number of nitrogens with zero attached hydrogens (tertiary/aromatic N) is 1. The van der Waals surface area contributed by atoms with E-state index in [0.717, 1.165) is 5.39 Å². The van der Waals surface area contributed by atoms with Crippen LogP contribution in [0.2, 0.25) is 0 Å². The number of hydrogen-bond acceptors (Lipinski definition) is 5. The summed E-state index contributed by atoms with van der Waals surface area (Å²) in [5.41, 5.74) is 1.05. The van der Waals surface area contributed by atoms with Crippen LogP contribution in [0, 0.1) is 5.41 Å². The van der Waals surface area contributed by atoms with Crippen LogP contribution in [0.5, 0.6) is 0 Å². The number of hydrogen-bond donors (Lipinski definition) is 2. The van der Waals surface area contributed by atoms with Crippen molar-refractivity contribution in [2.75, 3.05) is 17.7 Å². The highest BCUT2D eigenvalue weighted by atomic mass is 16.5. The van der Waals surface area contributed by atoms with E-state index in [1.807, 2.05) is 24.3 Å². The van der Waals surface area contributed by atoms with Gasteiger partial charge in [0.25, 0.3) is 0 Å². The summed E-state index contributed by atoms with van der Waals surface area (Å²) in [5, 5.41) is 6.54. The van der Waals surface area contributed by atoms with Gasteiger partial charge in [0.05, 0.1) is 23.9 Å². The molecule has 1 fully saturated rings. The van der Waals surface area contributed by atoms with E-state index in [1.54, 1.807) is 36.5 Å². The van der Waals surface area contributed by atoms with Gasteiger partial charge in [-0.2, -0.15) is 0 Å². The first-order valence-corrected chi connectivity index (χ1v) is 9.18. The number of para-hydroxylation sites is 1. The first kappa shape index (κ1) is 18.6. The van der Waals surface area contributed by atoms with Crippen molar-refractivity contribution in [3.05, 3.63) is 66.4 Å². The SMILES string of the molecule is COC(=O)c1ccc(NC(=O)C2(C(=O)Nc3cccc4cccnc34)CC2)cc1. The third-order valence-electron chi connectivity index (χ3n) is 5.06. The van der Waals surface area contributed by atoms with E-state index >= 15 is 0 Å². The van der Waals surface area contributed by atoms with Gasteiger partial charge in [-0.05, 0) is 49.2 Å². The summed E-state index contributed by atoms with van der Waals surface area (Å²) in [5.74, 6) is -1.17. The Morgan fingerprint density at radius 2 is 1.62 bits per heavy atom. The number of nitrogens with one attached hydrogen (secondary N) is 2. The molecule has 1 aromatic heterocycles. The Hall–Kier alpha value is -3.74. The van der Waals surface area contributed by atoms with Gasteiger partial charge in [0.1, 0.15) is 5.41 Å². The average Bonchev–Trinajstić information content (AvgIpc) is 3.56. The van der Waals surface area contributed by atoms with Crippen LogP contribution in [0.15, 0.2) is 60.8 Å². The molecule has 146 valence electrons. The molecule has 29 heavy (non-hydrogen) atoms. The zero-order chi connectivity index (χ0) is 20.4. The Morgan fingerprint density at radius 3 is 2.31 bits per heavy atom. The molecule has 4 rings (SSSR count). The predicted octanol–water partition coefficient (Wildman–Crippen LogP) is 3.38. The summed E-state index contributed by atoms with van der Waals surface area (Å²) in [6, 6.07) is 15.6. The van der Waals surface area contributed by atoms with Gasteiger partial charge in [0.15, 0.2) is 0 Å². The molecule has 0 aliphatic heterocycles. The number of esters is 1. The second-order valence-corrected chi connectivity index (χ2v) is 6.94. The van der Waals surface area contributed by atoms with Crippen LogP contribution in [-0.4, -0.2) is 29.9 Å². The lowest BCUT2D eigenvalue weighted by Crippen LogP contribution is -2.35. The van der Waals surface area contributed by atoms with Crippen LogP contribution in [-0.2, 0) is 14.3 Å². The normalized spacial score (nSPS) is 14.1. The third kappa shape index (κ3) is 3.54. The monoisotopic (exact) mass is 389 g/mol. The van der Waals surface area contributed by atoms with E-state index < -0.39 is 11.4 Å². The third-order valence-corrected chi connectivity index (χ3v) is 5.06. The minimum absolute atomic E-state index is 0.348. The number of aromatic nitrogens is 1. The number of amides is 2. The number of pyridine rings is 1. The number of ether oxygens (including phenoxy) is 1. The molecule has 2 aromatic carbocycles. The molecule has 3 aromatic rings. The summed E-state index contributed by atoms with van der Waals surface area (Å²) in [6.45, 7) is 0. The lowest BCUT2D eigenvalue weighted by molar-refractivity contribution is -0.131. The molecule has 0 spiro atoms. The topological polar surface area (TPSA) is 97.4 Å². The molecule has 0 radical (unpaired) electrons. The van der Waals surface area contributed by atoms with Gasteiger partial charge < -0.3 is 15.4 Å². The maximum atomic E-state index is 12.9. The smallest absolute Gasteiger partial charge is 0.337 e. The van der Waals surface area contributed by atoms with E-state index in [2.05, 4.69) is 20.4 Å². The van der Waals surface area contributed by atoms with Gasteiger partial charge >= 0.3 is 5.97 Å². The van der Waals surface area contributed by atoms with E-state index in [9.17, 15) is 14.4 Å². The van der Waals surface area contributed by atoms with Crippen LogP contribution in [0.25, 0.3) is 10.9 Å². The second kappa shape index (κ2) is 7.35. The number of methoxy groups -OCH3 is 1. The quantitative estimate of drug-likeness (QED) is 0.515. The van der Waals surface area contributed by atoms with E-state index in [1.165, 1.54) is 7.11 Å². The summed E-state index contributed by atoms with van der Waals surface area (Å²) in [7, 11) is 1.30. The lowest BCUT2D eigenvalue weighted by Gasteiger charge is -2.16. The van der Waals surface area contributed by atoms with Crippen LogP contribution >= 0.6 is 0 Å². The molecular formula is C22H19N3O4. The number of benzene rings is 2. The van der Waals surface area contributed by atoms with Crippen molar-refractivity contribution >= 4 is 40.1 Å². The highest BCUT2D eigenvalue weighted by molar-refractivity contribution is 6.18. The first-order valence-electron chi connectivity index (χ1n) is 9.18. The van der Waals surface area contributed by atoms with Crippen molar-refractivity contribution in [1.29, 1.82) is 0 Å². The van der Waals surface area contributed by atoms with E-state index in [-0.39, 0.29) is 11.8 Å². The van der Waals surface area contributed by atoms with Crippen LogP contribution in [0.1, 0.15) is 23.2 Å². The Bertz CT molecular complexity index is 1100. The molecule has 2 amide bonds. The number of fused-ring (bicyclic) bond motifs is 1. The van der Waals surface area contributed by atoms with Crippen molar-refractivity contribution in [3.8, 4) is 0 Å². The summed E-state index contributed by atoms with van der Waals surface area (Å²) >= 11 is 0. The summed E-state index contributed by atoms with van der Waals surface area (Å²) < 4.78 is 4.66. The van der Waals surface area contributed by atoms with Crippen molar-refractivity contribution in [2.24, 2.45) is 5.41 Å². The standard InChI is InChI=1S/C22H19N3O4/c1-29-19(26)15-7-9-16(10-8-15)24-20(27)22(11-12-22)21(28)25-17-6-2-4-14-5-3-13-23-18(14)17/h2-10,13H,11-12H2,1H3,(H,24,27)(H,25,28). The second-order valence-electron chi connectivity index (χ2n) is 6.94. The molecule has 1 heterocycles. The first-order chi connectivity index (χ1) is 14.0. The lowest BCUT2D eigenvalue weighted by atomic mass is 10.0. The maximum Gasteiger partial charge on any atom is 0.337 e. The highest BCUT2D eigenvalue weighted by Crippen LogP contribution is 2.47. The molecular weight excluding hydrogens is 370 g/mol. The molecule has 2 N–H and O–H groups in total. The molecule has 0 saturated heterocycles. The van der Waals surface area contributed by atoms with E-state index in [0.29, 0.717) is 35.3 Å². The molecule has 1 aliphatic carbocycles. The summed E-state index contributed by atoms with van der Waals surface area (Å²) in [4.78, 5) is 41.5. The Morgan fingerprint density at radius 1 is 0.931 bits per heavy atom. The molecule has 7 nitrogen and oxygen atoms in total. The van der Waals surface area contributed by atoms with Gasteiger partial charge in [-0.3, -0.25) is 14.6 Å². The van der Waals surface area contributed by atoms with Gasteiger partial charge in [-0.25, -0.2) is 4.79 Å². The molecule has 0 unspecified atom stereocenters. The molecule has 1 saturated carbocycles. The Kier molecular flexibility index (Phi) is 4.72. The number of carbonyl (C=O) groups is 3. The van der Waals surface area contributed by atoms with Gasteiger partial charge in [-0.1, -0.05) is 18.2 Å². The Labute approximate surface area is 167 Å². The van der Waals surface area contributed by atoms with Crippen LogP contribution in [0.4, 0.5) is 11.4 Å². The van der Waals surface area contributed by atoms with Crippen molar-refractivity contribution in [2.45, 2.75) is 12.8 Å². The zero-order valence-corrected chi connectivity index (χ0v) is 15.8. The molecule has 1 aliphatic rings. The van der Waals surface area contributed by atoms with Gasteiger partial charge in [-0.15, -0.1) is 0 Å². The van der Waals surface area contributed by atoms with Crippen LogP contribution < -0.4 is 10.6 Å². The maximum absolute atomic E-state index is 12.9. The zero-order valence-electron chi connectivity index (χ0n) is 15.8. The molecule has 7 heteroatoms. The number of anilines is 2. The number of rotatable bonds is 5. The summed E-state index contributed by atoms with van der Waals surface area (Å²) in [6.07, 6.45) is 2.61. The Balaban J connectivity index is 1.48. The highest BCUT2D eigenvalue weighted by Gasteiger charge is 2.56. The van der Waals surface area contributed by atoms with Crippen molar-refractivity contribution in [1.82, 2.24) is 4.98 Å². The molecule has 0 atom stereocenters. The fraction of sp³-hybridized carbons (Fsp3) is 0.182. The predicted molar refractivity (Wildman–Crippen MR) is 108 cm³/mol. The average molecular weight is 389 g/mol. The van der Waals surface area contributed by atoms with E-state index in [4.69, 9.17) is 0 Å². The number of carbonyl (C=O) groups excluding carboxylic acids is 3. The minimum Gasteiger partial charge on any atom is -0.465 e. The molecule has 0 bridgehead atoms. The van der Waals surface area contributed by atoms with Crippen LogP contribution in [0.3, 0.4) is 0 Å². The van der Waals surface area contributed by atoms with Crippen molar-refractivity contribution in [3.63, 3.8) is 0 Å². The van der Waals surface area contributed by atoms with Gasteiger partial charge in [0, 0.05) is 17.3 Å². The minimum atomic E-state index is -1.10. The largest absolute Gasteiger partial charge is 0.465 e.